The first-order valence-corrected chi connectivity index (χ1v) is 6.81. The van der Waals surface area contributed by atoms with E-state index in [-0.39, 0.29) is 6.04 Å². The second kappa shape index (κ2) is 5.32. The Morgan fingerprint density at radius 1 is 1.50 bits per heavy atom. The second-order valence-corrected chi connectivity index (χ2v) is 5.78. The van der Waals surface area contributed by atoms with Gasteiger partial charge in [-0.25, -0.2) is 0 Å². The number of carbonyl (C=O) groups is 2. The molecule has 2 unspecified atom stereocenters. The highest BCUT2D eigenvalue weighted by molar-refractivity contribution is 6.33. The molecule has 6 heteroatoms. The summed E-state index contributed by atoms with van der Waals surface area (Å²) in [6.07, 6.45) is 2.27. The molecule has 0 aromatic heterocycles. The molecule has 0 radical (unpaired) electrons. The molecule has 1 fully saturated rings. The van der Waals surface area contributed by atoms with Crippen molar-refractivity contribution in [2.75, 3.05) is 5.32 Å². The van der Waals surface area contributed by atoms with Crippen LogP contribution >= 0.6 is 11.6 Å². The number of aliphatic carboxylic acids is 1. The van der Waals surface area contributed by atoms with Gasteiger partial charge in [-0.1, -0.05) is 18.0 Å². The van der Waals surface area contributed by atoms with Crippen LogP contribution in [-0.2, 0) is 4.79 Å². The Morgan fingerprint density at radius 2 is 2.20 bits per heavy atom. The van der Waals surface area contributed by atoms with Gasteiger partial charge in [0.2, 0.25) is 5.91 Å². The number of hydrogen-bond acceptors (Lipinski definition) is 3. The normalized spacial score (nSPS) is 25.4. The molecule has 1 aromatic carbocycles. The number of anilines is 1. The Labute approximate surface area is 122 Å². The summed E-state index contributed by atoms with van der Waals surface area (Å²) in [5.41, 5.74) is 5.33. The summed E-state index contributed by atoms with van der Waals surface area (Å²) in [6, 6.07) is 4.53. The number of nitrogens with one attached hydrogen (secondary N) is 1. The van der Waals surface area contributed by atoms with E-state index in [4.69, 9.17) is 17.3 Å². The Balaban J connectivity index is 2.22. The third-order valence-electron chi connectivity index (χ3n) is 4.03. The number of carboxylic acid groups (broad SMARTS) is 1. The van der Waals surface area contributed by atoms with Gasteiger partial charge < -0.3 is 16.2 Å². The van der Waals surface area contributed by atoms with Gasteiger partial charge in [0.05, 0.1) is 16.1 Å². The van der Waals surface area contributed by atoms with E-state index in [1.54, 1.807) is 19.1 Å². The number of carbonyl (C=O) groups excluding carboxylic acids is 1. The zero-order valence-corrected chi connectivity index (χ0v) is 11.9. The van der Waals surface area contributed by atoms with Crippen molar-refractivity contribution in [2.45, 2.75) is 32.2 Å². The van der Waals surface area contributed by atoms with Crippen LogP contribution in [0.2, 0.25) is 5.02 Å². The molecule has 1 aliphatic rings. The van der Waals surface area contributed by atoms with Crippen LogP contribution in [0.25, 0.3) is 0 Å². The molecule has 0 heterocycles. The smallest absolute Gasteiger partial charge is 0.311 e. The van der Waals surface area contributed by atoms with Gasteiger partial charge in [-0.3, -0.25) is 9.59 Å². The monoisotopic (exact) mass is 296 g/mol. The highest BCUT2D eigenvalue weighted by atomic mass is 35.5. The molecule has 5 nitrogen and oxygen atoms in total. The summed E-state index contributed by atoms with van der Waals surface area (Å²) < 4.78 is 0. The Morgan fingerprint density at radius 3 is 2.75 bits per heavy atom. The lowest BCUT2D eigenvalue weighted by atomic mass is 9.85. The molecule has 2 atom stereocenters. The Bertz CT molecular complexity index is 561. The van der Waals surface area contributed by atoms with Crippen LogP contribution < -0.4 is 11.1 Å². The van der Waals surface area contributed by atoms with E-state index in [9.17, 15) is 14.7 Å². The van der Waals surface area contributed by atoms with Crippen LogP contribution in [0, 0.1) is 5.41 Å². The molecule has 1 aliphatic carbocycles. The number of hydrogen-bond donors (Lipinski definition) is 3. The predicted molar refractivity (Wildman–Crippen MR) is 77.0 cm³/mol. The molecule has 0 saturated heterocycles. The zero-order valence-electron chi connectivity index (χ0n) is 11.1. The summed E-state index contributed by atoms with van der Waals surface area (Å²) in [4.78, 5) is 22.5. The number of carboxylic acids is 1. The third-order valence-corrected chi connectivity index (χ3v) is 4.34. The number of amides is 1. The van der Waals surface area contributed by atoms with E-state index < -0.39 is 17.3 Å². The van der Waals surface area contributed by atoms with Crippen LogP contribution in [0.5, 0.6) is 0 Å². The Kier molecular flexibility index (Phi) is 3.90. The molecule has 1 aromatic rings. The van der Waals surface area contributed by atoms with E-state index in [1.165, 1.54) is 6.07 Å². The molecule has 4 N–H and O–H groups in total. The van der Waals surface area contributed by atoms with Crippen LogP contribution in [0.15, 0.2) is 18.2 Å². The van der Waals surface area contributed by atoms with Gasteiger partial charge in [0, 0.05) is 11.6 Å². The van der Waals surface area contributed by atoms with Gasteiger partial charge in [0.25, 0.3) is 0 Å². The van der Waals surface area contributed by atoms with E-state index >= 15 is 0 Å². The molecule has 1 amide bonds. The lowest BCUT2D eigenvalue weighted by Crippen LogP contribution is -2.40. The maximum absolute atomic E-state index is 11.4. The van der Waals surface area contributed by atoms with Crippen molar-refractivity contribution in [1.29, 1.82) is 0 Å². The van der Waals surface area contributed by atoms with Gasteiger partial charge in [-0.2, -0.15) is 0 Å². The van der Waals surface area contributed by atoms with Gasteiger partial charge in [-0.05, 0) is 38.0 Å². The molecule has 0 aliphatic heterocycles. The quantitative estimate of drug-likeness (QED) is 0.796. The van der Waals surface area contributed by atoms with Crippen LogP contribution in [0.4, 0.5) is 5.69 Å². The molecule has 2 rings (SSSR count). The fourth-order valence-corrected chi connectivity index (χ4v) is 2.86. The van der Waals surface area contributed by atoms with Crippen molar-refractivity contribution >= 4 is 29.2 Å². The SMILES string of the molecule is CC1(C(=O)O)CCCC1Nc1ccc(C(N)=O)cc1Cl. The van der Waals surface area contributed by atoms with Crippen molar-refractivity contribution < 1.29 is 14.7 Å². The minimum absolute atomic E-state index is 0.183. The molecular weight excluding hydrogens is 280 g/mol. The average Bonchev–Trinajstić information content (AvgIpc) is 2.74. The van der Waals surface area contributed by atoms with Crippen LogP contribution in [-0.4, -0.2) is 23.0 Å². The minimum atomic E-state index is -0.808. The van der Waals surface area contributed by atoms with E-state index in [0.717, 1.165) is 12.8 Å². The highest BCUT2D eigenvalue weighted by Crippen LogP contribution is 2.40. The molecule has 20 heavy (non-hydrogen) atoms. The fourth-order valence-electron chi connectivity index (χ4n) is 2.63. The van der Waals surface area contributed by atoms with Crippen molar-refractivity contribution in [3.8, 4) is 0 Å². The lowest BCUT2D eigenvalue weighted by Gasteiger charge is -2.29. The number of benzene rings is 1. The first kappa shape index (κ1) is 14.7. The predicted octanol–water partition coefficient (Wildman–Crippen LogP) is 2.49. The number of rotatable bonds is 4. The summed E-state index contributed by atoms with van der Waals surface area (Å²) in [7, 11) is 0. The largest absolute Gasteiger partial charge is 0.481 e. The van der Waals surface area contributed by atoms with E-state index in [2.05, 4.69) is 5.32 Å². The summed E-state index contributed by atoms with van der Waals surface area (Å²) in [5, 5.41) is 12.9. The summed E-state index contributed by atoms with van der Waals surface area (Å²) >= 11 is 6.11. The van der Waals surface area contributed by atoms with Gasteiger partial charge in [0.1, 0.15) is 0 Å². The Hall–Kier alpha value is -1.75. The molecule has 0 bridgehead atoms. The molecule has 108 valence electrons. The lowest BCUT2D eigenvalue weighted by molar-refractivity contribution is -0.147. The van der Waals surface area contributed by atoms with Gasteiger partial charge in [0.15, 0.2) is 0 Å². The first-order chi connectivity index (χ1) is 9.34. The van der Waals surface area contributed by atoms with Gasteiger partial charge in [-0.15, -0.1) is 0 Å². The highest BCUT2D eigenvalue weighted by Gasteiger charge is 2.45. The standard InChI is InChI=1S/C14H17ClN2O3/c1-14(13(19)20)6-2-3-11(14)17-10-5-4-8(12(16)18)7-9(10)15/h4-5,7,11,17H,2-3,6H2,1H3,(H2,16,18)(H,19,20). The zero-order chi connectivity index (χ0) is 14.9. The topological polar surface area (TPSA) is 92.4 Å². The number of halogens is 1. The maximum Gasteiger partial charge on any atom is 0.311 e. The van der Waals surface area contributed by atoms with E-state index in [1.807, 2.05) is 0 Å². The van der Waals surface area contributed by atoms with Crippen LogP contribution in [0.1, 0.15) is 36.5 Å². The summed E-state index contributed by atoms with van der Waals surface area (Å²) in [5.74, 6) is -1.35. The molecular formula is C14H17ClN2O3. The fraction of sp³-hybridized carbons (Fsp3) is 0.429. The number of nitrogens with two attached hydrogens (primary N) is 1. The van der Waals surface area contributed by atoms with Crippen molar-refractivity contribution in [3.05, 3.63) is 28.8 Å². The van der Waals surface area contributed by atoms with Crippen molar-refractivity contribution in [3.63, 3.8) is 0 Å². The third kappa shape index (κ3) is 2.58. The average molecular weight is 297 g/mol. The van der Waals surface area contributed by atoms with Crippen molar-refractivity contribution in [1.82, 2.24) is 0 Å². The van der Waals surface area contributed by atoms with Gasteiger partial charge >= 0.3 is 5.97 Å². The maximum atomic E-state index is 11.4. The minimum Gasteiger partial charge on any atom is -0.481 e. The molecule has 0 spiro atoms. The first-order valence-electron chi connectivity index (χ1n) is 6.44. The second-order valence-electron chi connectivity index (χ2n) is 5.37. The molecule has 1 saturated carbocycles. The van der Waals surface area contributed by atoms with Crippen LogP contribution in [0.3, 0.4) is 0 Å². The van der Waals surface area contributed by atoms with Crippen molar-refractivity contribution in [2.24, 2.45) is 11.1 Å². The number of primary amides is 1. The van der Waals surface area contributed by atoms with E-state index in [0.29, 0.717) is 22.7 Å². The summed E-state index contributed by atoms with van der Waals surface area (Å²) in [6.45, 7) is 1.74.